The van der Waals surface area contributed by atoms with Crippen molar-refractivity contribution < 1.29 is 0 Å². The van der Waals surface area contributed by atoms with Crippen molar-refractivity contribution >= 4 is 5.69 Å². The molecule has 0 atom stereocenters. The zero-order valence-electron chi connectivity index (χ0n) is 9.82. The molecule has 0 heterocycles. The third-order valence-electron chi connectivity index (χ3n) is 3.50. The van der Waals surface area contributed by atoms with E-state index in [2.05, 4.69) is 24.1 Å². The van der Waals surface area contributed by atoms with Gasteiger partial charge in [0.15, 0.2) is 0 Å². The second kappa shape index (κ2) is 5.03. The van der Waals surface area contributed by atoms with Crippen molar-refractivity contribution in [1.29, 1.82) is 5.26 Å². The molecule has 1 aliphatic rings. The molecule has 0 saturated heterocycles. The molecular weight excluding hydrogens is 196 g/mol. The Balaban J connectivity index is 2.13. The van der Waals surface area contributed by atoms with Crippen molar-refractivity contribution in [2.24, 2.45) is 0 Å². The second-order valence-electron chi connectivity index (χ2n) is 4.56. The SMILES string of the molecule is CN(c1cccc(C#N)c1)C1CCCCC1. The maximum absolute atomic E-state index is 8.89. The molecule has 0 aliphatic heterocycles. The van der Waals surface area contributed by atoms with Crippen LogP contribution < -0.4 is 4.90 Å². The van der Waals surface area contributed by atoms with Gasteiger partial charge in [-0.2, -0.15) is 5.26 Å². The third kappa shape index (κ3) is 2.36. The molecule has 0 bridgehead atoms. The molecule has 1 fully saturated rings. The van der Waals surface area contributed by atoms with Gasteiger partial charge in [-0.15, -0.1) is 0 Å². The van der Waals surface area contributed by atoms with Gasteiger partial charge in [0.05, 0.1) is 11.6 Å². The summed E-state index contributed by atoms with van der Waals surface area (Å²) in [4.78, 5) is 2.33. The van der Waals surface area contributed by atoms with Gasteiger partial charge in [0.2, 0.25) is 0 Å². The first-order chi connectivity index (χ1) is 7.81. The summed E-state index contributed by atoms with van der Waals surface area (Å²) in [5, 5.41) is 8.89. The highest BCUT2D eigenvalue weighted by molar-refractivity contribution is 5.51. The number of anilines is 1. The molecule has 0 radical (unpaired) electrons. The molecular formula is C14H18N2. The van der Waals surface area contributed by atoms with Gasteiger partial charge in [0.25, 0.3) is 0 Å². The van der Waals surface area contributed by atoms with Crippen LogP contribution in [0.25, 0.3) is 0 Å². The molecule has 16 heavy (non-hydrogen) atoms. The molecule has 1 aromatic rings. The summed E-state index contributed by atoms with van der Waals surface area (Å²) < 4.78 is 0. The summed E-state index contributed by atoms with van der Waals surface area (Å²) in [6.07, 6.45) is 6.63. The topological polar surface area (TPSA) is 27.0 Å². The standard InChI is InChI=1S/C14H18N2/c1-16(13-7-3-2-4-8-13)14-9-5-6-12(10-14)11-15/h5-6,9-10,13H,2-4,7-8H2,1H3. The van der Waals surface area contributed by atoms with Crippen LogP contribution in [0, 0.1) is 11.3 Å². The molecule has 0 spiro atoms. The van der Waals surface area contributed by atoms with Crippen LogP contribution in [0.4, 0.5) is 5.69 Å². The maximum atomic E-state index is 8.89. The van der Waals surface area contributed by atoms with Crippen LogP contribution in [0.2, 0.25) is 0 Å². The molecule has 0 N–H and O–H groups in total. The predicted molar refractivity (Wildman–Crippen MR) is 66.4 cm³/mol. The van der Waals surface area contributed by atoms with Gasteiger partial charge in [-0.3, -0.25) is 0 Å². The monoisotopic (exact) mass is 214 g/mol. The van der Waals surface area contributed by atoms with Crippen LogP contribution >= 0.6 is 0 Å². The Morgan fingerprint density at radius 3 is 2.69 bits per heavy atom. The number of hydrogen-bond acceptors (Lipinski definition) is 2. The van der Waals surface area contributed by atoms with Crippen LogP contribution in [-0.2, 0) is 0 Å². The summed E-state index contributed by atoms with van der Waals surface area (Å²) in [5.41, 5.74) is 1.92. The van der Waals surface area contributed by atoms with Gasteiger partial charge in [-0.05, 0) is 31.0 Å². The first kappa shape index (κ1) is 11.0. The quantitative estimate of drug-likeness (QED) is 0.755. The molecule has 1 aliphatic carbocycles. The fourth-order valence-electron chi connectivity index (χ4n) is 2.47. The summed E-state index contributed by atoms with van der Waals surface area (Å²) in [5.74, 6) is 0. The van der Waals surface area contributed by atoms with E-state index >= 15 is 0 Å². The number of hydrogen-bond donors (Lipinski definition) is 0. The maximum Gasteiger partial charge on any atom is 0.0992 e. The first-order valence-electron chi connectivity index (χ1n) is 6.04. The van der Waals surface area contributed by atoms with Gasteiger partial charge in [0, 0.05) is 18.8 Å². The minimum absolute atomic E-state index is 0.655. The zero-order chi connectivity index (χ0) is 11.4. The average molecular weight is 214 g/mol. The van der Waals surface area contributed by atoms with E-state index in [0.717, 1.165) is 5.56 Å². The Bertz CT molecular complexity index is 386. The average Bonchev–Trinajstić information content (AvgIpc) is 2.39. The minimum atomic E-state index is 0.655. The van der Waals surface area contributed by atoms with Crippen molar-refractivity contribution in [2.75, 3.05) is 11.9 Å². The van der Waals surface area contributed by atoms with E-state index in [9.17, 15) is 0 Å². The second-order valence-corrected chi connectivity index (χ2v) is 4.56. The Morgan fingerprint density at radius 2 is 2.00 bits per heavy atom. The van der Waals surface area contributed by atoms with E-state index in [-0.39, 0.29) is 0 Å². The molecule has 0 amide bonds. The molecule has 2 rings (SSSR count). The molecule has 84 valence electrons. The summed E-state index contributed by atoms with van der Waals surface area (Å²) in [6.45, 7) is 0. The smallest absolute Gasteiger partial charge is 0.0992 e. The van der Waals surface area contributed by atoms with Crippen LogP contribution in [0.3, 0.4) is 0 Å². The highest BCUT2D eigenvalue weighted by atomic mass is 15.1. The fourth-order valence-corrected chi connectivity index (χ4v) is 2.47. The Labute approximate surface area is 97.5 Å². The molecule has 0 unspecified atom stereocenters. The first-order valence-corrected chi connectivity index (χ1v) is 6.04. The number of rotatable bonds is 2. The van der Waals surface area contributed by atoms with Crippen molar-refractivity contribution in [2.45, 2.75) is 38.1 Å². The molecule has 1 saturated carbocycles. The summed E-state index contributed by atoms with van der Waals surface area (Å²) in [7, 11) is 2.15. The zero-order valence-corrected chi connectivity index (χ0v) is 9.82. The van der Waals surface area contributed by atoms with Crippen molar-refractivity contribution in [3.63, 3.8) is 0 Å². The predicted octanol–water partition coefficient (Wildman–Crippen LogP) is 3.33. The van der Waals surface area contributed by atoms with E-state index < -0.39 is 0 Å². The summed E-state index contributed by atoms with van der Waals surface area (Å²) >= 11 is 0. The van der Waals surface area contributed by atoms with E-state index in [1.807, 2.05) is 18.2 Å². The summed E-state index contributed by atoms with van der Waals surface area (Å²) in [6, 6.07) is 10.8. The lowest BCUT2D eigenvalue weighted by atomic mass is 9.94. The number of benzene rings is 1. The van der Waals surface area contributed by atoms with E-state index in [1.165, 1.54) is 37.8 Å². The van der Waals surface area contributed by atoms with Gasteiger partial charge < -0.3 is 4.90 Å². The Hall–Kier alpha value is -1.49. The van der Waals surface area contributed by atoms with Crippen LogP contribution in [0.1, 0.15) is 37.7 Å². The molecule has 2 heteroatoms. The largest absolute Gasteiger partial charge is 0.372 e. The van der Waals surface area contributed by atoms with Crippen molar-refractivity contribution in [1.82, 2.24) is 0 Å². The lowest BCUT2D eigenvalue weighted by Gasteiger charge is -2.33. The van der Waals surface area contributed by atoms with Gasteiger partial charge in [-0.1, -0.05) is 25.3 Å². The molecule has 1 aromatic carbocycles. The van der Waals surface area contributed by atoms with E-state index in [0.29, 0.717) is 6.04 Å². The molecule has 2 nitrogen and oxygen atoms in total. The Morgan fingerprint density at radius 1 is 1.25 bits per heavy atom. The Kier molecular flexibility index (Phi) is 3.46. The lowest BCUT2D eigenvalue weighted by Crippen LogP contribution is -2.33. The van der Waals surface area contributed by atoms with Gasteiger partial charge in [0.1, 0.15) is 0 Å². The van der Waals surface area contributed by atoms with Crippen molar-refractivity contribution in [3.8, 4) is 6.07 Å². The van der Waals surface area contributed by atoms with Crippen molar-refractivity contribution in [3.05, 3.63) is 29.8 Å². The minimum Gasteiger partial charge on any atom is -0.372 e. The number of nitriles is 1. The van der Waals surface area contributed by atoms with Crippen LogP contribution in [0.15, 0.2) is 24.3 Å². The van der Waals surface area contributed by atoms with Crippen LogP contribution in [-0.4, -0.2) is 13.1 Å². The molecule has 0 aromatic heterocycles. The van der Waals surface area contributed by atoms with Gasteiger partial charge >= 0.3 is 0 Å². The van der Waals surface area contributed by atoms with Gasteiger partial charge in [-0.25, -0.2) is 0 Å². The van der Waals surface area contributed by atoms with E-state index in [1.54, 1.807) is 0 Å². The van der Waals surface area contributed by atoms with Crippen LogP contribution in [0.5, 0.6) is 0 Å². The highest BCUT2D eigenvalue weighted by Gasteiger charge is 2.18. The van der Waals surface area contributed by atoms with E-state index in [4.69, 9.17) is 5.26 Å². The highest BCUT2D eigenvalue weighted by Crippen LogP contribution is 2.26. The normalized spacial score (nSPS) is 16.8. The number of nitrogens with zero attached hydrogens (tertiary/aromatic N) is 2. The lowest BCUT2D eigenvalue weighted by molar-refractivity contribution is 0.427. The fraction of sp³-hybridized carbons (Fsp3) is 0.500. The third-order valence-corrected chi connectivity index (χ3v) is 3.50.